The lowest BCUT2D eigenvalue weighted by Gasteiger charge is -2.32. The first-order valence-corrected chi connectivity index (χ1v) is 8.65. The molecule has 2 aliphatic rings. The van der Waals surface area contributed by atoms with E-state index < -0.39 is 0 Å². The van der Waals surface area contributed by atoms with Crippen LogP contribution in [0.25, 0.3) is 10.9 Å². The molecule has 1 aromatic carbocycles. The van der Waals surface area contributed by atoms with Gasteiger partial charge in [0.25, 0.3) is 5.91 Å². The van der Waals surface area contributed by atoms with Gasteiger partial charge in [-0.1, -0.05) is 18.2 Å². The van der Waals surface area contributed by atoms with Crippen molar-refractivity contribution in [1.29, 1.82) is 0 Å². The highest BCUT2D eigenvalue weighted by molar-refractivity contribution is 6.04. The van der Waals surface area contributed by atoms with Crippen LogP contribution >= 0.6 is 0 Å². The van der Waals surface area contributed by atoms with E-state index in [1.54, 1.807) is 0 Å². The molecule has 0 spiro atoms. The predicted molar refractivity (Wildman–Crippen MR) is 90.4 cm³/mol. The third kappa shape index (κ3) is 2.43. The van der Waals surface area contributed by atoms with Crippen molar-refractivity contribution >= 4 is 16.8 Å². The lowest BCUT2D eigenvalue weighted by atomic mass is 10.1. The van der Waals surface area contributed by atoms with Crippen LogP contribution in [0.15, 0.2) is 24.3 Å². The number of fused-ring (bicyclic) bond motifs is 3. The van der Waals surface area contributed by atoms with E-state index in [4.69, 9.17) is 0 Å². The van der Waals surface area contributed by atoms with Gasteiger partial charge in [-0.05, 0) is 39.2 Å². The Bertz CT molecular complexity index is 723. The second kappa shape index (κ2) is 5.64. The molecule has 3 heterocycles. The van der Waals surface area contributed by atoms with E-state index in [9.17, 15) is 4.79 Å². The molecule has 0 radical (unpaired) electrons. The van der Waals surface area contributed by atoms with Crippen LogP contribution in [0.4, 0.5) is 0 Å². The van der Waals surface area contributed by atoms with Gasteiger partial charge in [-0.15, -0.1) is 0 Å². The summed E-state index contributed by atoms with van der Waals surface area (Å²) in [4.78, 5) is 17.6. The summed E-state index contributed by atoms with van der Waals surface area (Å²) in [6.07, 6.45) is 3.55. The highest BCUT2D eigenvalue weighted by Gasteiger charge is 2.40. The number of carbonyl (C=O) groups is 1. The highest BCUT2D eigenvalue weighted by Crippen LogP contribution is 2.32. The fourth-order valence-corrected chi connectivity index (χ4v) is 4.41. The standard InChI is InChI=1S/C18H24N4O/c1-12(2)22-13-7-8-14(22)11-21(10-9-13)18(23)17-15-5-3-4-6-16(15)19-20-17/h3-6,12-14H,7-11H2,1-2H3,(H,19,20)/t13-,14-/m0/s1. The van der Waals surface area contributed by atoms with Gasteiger partial charge in [-0.3, -0.25) is 14.8 Å². The maximum atomic E-state index is 13.0. The van der Waals surface area contributed by atoms with Gasteiger partial charge in [-0.2, -0.15) is 5.10 Å². The molecular formula is C18H24N4O. The number of hydrogen-bond acceptors (Lipinski definition) is 3. The van der Waals surface area contributed by atoms with Gasteiger partial charge in [0.05, 0.1) is 5.52 Å². The molecule has 1 amide bonds. The fourth-order valence-electron chi connectivity index (χ4n) is 4.41. The van der Waals surface area contributed by atoms with Crippen LogP contribution in [0, 0.1) is 0 Å². The Kier molecular flexibility index (Phi) is 3.60. The molecule has 1 N–H and O–H groups in total. The fraction of sp³-hybridized carbons (Fsp3) is 0.556. The zero-order chi connectivity index (χ0) is 16.0. The summed E-state index contributed by atoms with van der Waals surface area (Å²) in [7, 11) is 0. The first-order valence-electron chi connectivity index (χ1n) is 8.65. The number of amides is 1. The monoisotopic (exact) mass is 312 g/mol. The molecule has 2 aromatic rings. The zero-order valence-electron chi connectivity index (χ0n) is 13.8. The van der Waals surface area contributed by atoms with Crippen molar-refractivity contribution in [2.24, 2.45) is 0 Å². The van der Waals surface area contributed by atoms with E-state index in [1.165, 1.54) is 12.8 Å². The number of carbonyl (C=O) groups excluding carboxylic acids is 1. The van der Waals surface area contributed by atoms with Crippen LogP contribution in [-0.4, -0.2) is 57.1 Å². The Morgan fingerprint density at radius 3 is 2.83 bits per heavy atom. The van der Waals surface area contributed by atoms with Gasteiger partial charge in [0.1, 0.15) is 0 Å². The molecule has 5 nitrogen and oxygen atoms in total. The Labute approximate surface area is 136 Å². The van der Waals surface area contributed by atoms with Crippen molar-refractivity contribution in [3.05, 3.63) is 30.0 Å². The largest absolute Gasteiger partial charge is 0.336 e. The topological polar surface area (TPSA) is 52.2 Å². The molecule has 2 aliphatic heterocycles. The Morgan fingerprint density at radius 2 is 2.00 bits per heavy atom. The van der Waals surface area contributed by atoms with Crippen molar-refractivity contribution in [3.8, 4) is 0 Å². The van der Waals surface area contributed by atoms with Crippen LogP contribution in [0.3, 0.4) is 0 Å². The summed E-state index contributed by atoms with van der Waals surface area (Å²) in [5.41, 5.74) is 1.49. The zero-order valence-corrected chi connectivity index (χ0v) is 13.8. The molecule has 2 saturated heterocycles. The summed E-state index contributed by atoms with van der Waals surface area (Å²) in [5.74, 6) is 0.0682. The van der Waals surface area contributed by atoms with Crippen LogP contribution in [0.5, 0.6) is 0 Å². The second-order valence-corrected chi connectivity index (χ2v) is 7.08. The number of hydrogen-bond donors (Lipinski definition) is 1. The number of benzene rings is 1. The van der Waals surface area contributed by atoms with E-state index in [0.29, 0.717) is 23.8 Å². The number of aromatic nitrogens is 2. The first-order chi connectivity index (χ1) is 11.1. The second-order valence-electron chi connectivity index (χ2n) is 7.08. The van der Waals surface area contributed by atoms with Crippen molar-refractivity contribution in [1.82, 2.24) is 20.0 Å². The molecule has 2 fully saturated rings. The van der Waals surface area contributed by atoms with E-state index in [2.05, 4.69) is 28.9 Å². The van der Waals surface area contributed by atoms with Gasteiger partial charge in [-0.25, -0.2) is 0 Å². The third-order valence-corrected chi connectivity index (χ3v) is 5.40. The van der Waals surface area contributed by atoms with Gasteiger partial charge in [0.2, 0.25) is 0 Å². The third-order valence-electron chi connectivity index (χ3n) is 5.40. The van der Waals surface area contributed by atoms with Crippen molar-refractivity contribution < 1.29 is 4.79 Å². The molecule has 122 valence electrons. The van der Waals surface area contributed by atoms with Crippen LogP contribution in [0.1, 0.15) is 43.6 Å². The van der Waals surface area contributed by atoms with Crippen molar-refractivity contribution in [2.45, 2.75) is 51.2 Å². The highest BCUT2D eigenvalue weighted by atomic mass is 16.2. The molecule has 2 bridgehead atoms. The van der Waals surface area contributed by atoms with Crippen LogP contribution in [-0.2, 0) is 0 Å². The van der Waals surface area contributed by atoms with Gasteiger partial charge >= 0.3 is 0 Å². The minimum absolute atomic E-state index is 0.0682. The molecule has 23 heavy (non-hydrogen) atoms. The lowest BCUT2D eigenvalue weighted by molar-refractivity contribution is 0.0724. The average Bonchev–Trinajstić information content (AvgIpc) is 3.07. The summed E-state index contributed by atoms with van der Waals surface area (Å²) in [5, 5.41) is 8.19. The normalized spacial score (nSPS) is 25.3. The summed E-state index contributed by atoms with van der Waals surface area (Å²) >= 11 is 0. The van der Waals surface area contributed by atoms with E-state index in [-0.39, 0.29) is 5.91 Å². The molecule has 1 aromatic heterocycles. The van der Waals surface area contributed by atoms with Crippen LogP contribution < -0.4 is 0 Å². The number of nitrogens with zero attached hydrogens (tertiary/aromatic N) is 3. The Morgan fingerprint density at radius 1 is 1.22 bits per heavy atom. The van der Waals surface area contributed by atoms with Gasteiger partial charge in [0.15, 0.2) is 5.69 Å². The lowest BCUT2D eigenvalue weighted by Crippen LogP contribution is -2.44. The maximum Gasteiger partial charge on any atom is 0.275 e. The first kappa shape index (κ1) is 14.7. The average molecular weight is 312 g/mol. The van der Waals surface area contributed by atoms with Crippen LogP contribution in [0.2, 0.25) is 0 Å². The number of nitrogens with one attached hydrogen (secondary N) is 1. The molecular weight excluding hydrogens is 288 g/mol. The number of para-hydroxylation sites is 1. The maximum absolute atomic E-state index is 13.0. The Balaban J connectivity index is 1.60. The van der Waals surface area contributed by atoms with E-state index in [0.717, 1.165) is 30.4 Å². The minimum Gasteiger partial charge on any atom is -0.336 e. The minimum atomic E-state index is 0.0682. The Hall–Kier alpha value is -1.88. The van der Waals surface area contributed by atoms with E-state index in [1.807, 2.05) is 29.2 Å². The number of aromatic amines is 1. The van der Waals surface area contributed by atoms with Gasteiger partial charge in [0, 0.05) is 36.6 Å². The number of rotatable bonds is 2. The number of likely N-dealkylation sites (tertiary alicyclic amines) is 1. The van der Waals surface area contributed by atoms with Crippen molar-refractivity contribution in [2.75, 3.05) is 13.1 Å². The molecule has 0 saturated carbocycles. The van der Waals surface area contributed by atoms with E-state index >= 15 is 0 Å². The van der Waals surface area contributed by atoms with Gasteiger partial charge < -0.3 is 4.90 Å². The number of H-pyrrole nitrogens is 1. The smallest absolute Gasteiger partial charge is 0.275 e. The molecule has 0 aliphatic carbocycles. The molecule has 2 atom stereocenters. The van der Waals surface area contributed by atoms with Crippen molar-refractivity contribution in [3.63, 3.8) is 0 Å². The summed E-state index contributed by atoms with van der Waals surface area (Å²) in [6, 6.07) is 9.53. The molecule has 5 heteroatoms. The SMILES string of the molecule is CC(C)N1[C@H]2CC[C@H]1CN(C(=O)c1n[nH]c3ccccc13)CC2. The predicted octanol–water partition coefficient (Wildman–Crippen LogP) is 2.65. The summed E-state index contributed by atoms with van der Waals surface area (Å²) < 4.78 is 0. The quantitative estimate of drug-likeness (QED) is 0.927. The molecule has 4 rings (SSSR count). The molecule has 0 unspecified atom stereocenters. The summed E-state index contributed by atoms with van der Waals surface area (Å²) in [6.45, 7) is 6.20.